The van der Waals surface area contributed by atoms with Crippen molar-refractivity contribution in [2.75, 3.05) is 0 Å². The molecule has 1 aliphatic carbocycles. The first-order valence-corrected chi connectivity index (χ1v) is 9.95. The number of halogens is 1. The molecule has 3 aromatic rings. The minimum Gasteiger partial charge on any atom is -0.504 e. The lowest BCUT2D eigenvalue weighted by Gasteiger charge is -2.38. The topological polar surface area (TPSA) is 126 Å². The molecule has 5 rings (SSSR count). The van der Waals surface area contributed by atoms with Crippen LogP contribution in [-0.2, 0) is 4.74 Å². The average molecular weight is 439 g/mol. The van der Waals surface area contributed by atoms with Crippen molar-refractivity contribution in [3.05, 3.63) is 64.8 Å². The Kier molecular flexibility index (Phi) is 4.70. The van der Waals surface area contributed by atoms with Crippen molar-refractivity contribution in [1.29, 1.82) is 0 Å². The van der Waals surface area contributed by atoms with Gasteiger partial charge in [-0.3, -0.25) is 14.6 Å². The van der Waals surface area contributed by atoms with Gasteiger partial charge in [0.15, 0.2) is 29.2 Å². The van der Waals surface area contributed by atoms with Crippen molar-refractivity contribution < 1.29 is 38.8 Å². The third kappa shape index (κ3) is 2.82. The number of hydrogen-bond acceptors (Lipinski definition) is 8. The maximum atomic E-state index is 14.7. The van der Waals surface area contributed by atoms with E-state index in [4.69, 9.17) is 9.47 Å². The second kappa shape index (κ2) is 7.33. The fraction of sp³-hybridized carbons (Fsp3) is 0.261. The second-order valence-corrected chi connectivity index (χ2v) is 7.78. The summed E-state index contributed by atoms with van der Waals surface area (Å²) in [7, 11) is 0. The number of aliphatic hydroxyl groups excluding tert-OH is 2. The predicted octanol–water partition coefficient (Wildman–Crippen LogP) is 1.90. The number of pyridine rings is 1. The minimum atomic E-state index is -2.14. The summed E-state index contributed by atoms with van der Waals surface area (Å²) in [6.07, 6.45) is -6.66. The molecular formula is C23H18FNO7. The zero-order chi connectivity index (χ0) is 22.7. The summed E-state index contributed by atoms with van der Waals surface area (Å²) in [6.45, 7) is 1.43. The number of alkyl halides is 1. The molecule has 1 aliphatic heterocycles. The smallest absolute Gasteiger partial charge is 0.234 e. The highest BCUT2D eigenvalue weighted by atomic mass is 19.1. The number of carbonyl (C=O) groups is 2. The molecular weight excluding hydrogens is 421 g/mol. The van der Waals surface area contributed by atoms with E-state index in [0.717, 1.165) is 0 Å². The van der Waals surface area contributed by atoms with E-state index in [9.17, 15) is 29.3 Å². The zero-order valence-corrected chi connectivity index (χ0v) is 16.7. The van der Waals surface area contributed by atoms with Crippen molar-refractivity contribution in [3.8, 4) is 11.5 Å². The van der Waals surface area contributed by atoms with Crippen LogP contribution in [0.3, 0.4) is 0 Å². The van der Waals surface area contributed by atoms with E-state index in [2.05, 4.69) is 4.98 Å². The van der Waals surface area contributed by atoms with Gasteiger partial charge in [0.05, 0.1) is 11.7 Å². The molecule has 1 fully saturated rings. The van der Waals surface area contributed by atoms with Crippen LogP contribution in [-0.4, -0.2) is 62.6 Å². The summed E-state index contributed by atoms with van der Waals surface area (Å²) >= 11 is 0. The summed E-state index contributed by atoms with van der Waals surface area (Å²) in [5.74, 6) is -2.08. The number of rotatable bonds is 2. The molecule has 2 heterocycles. The van der Waals surface area contributed by atoms with Crippen LogP contribution in [0.25, 0.3) is 10.9 Å². The van der Waals surface area contributed by atoms with Gasteiger partial charge in [0, 0.05) is 28.3 Å². The fourth-order valence-electron chi connectivity index (χ4n) is 4.19. The lowest BCUT2D eigenvalue weighted by Crippen LogP contribution is -2.56. The largest absolute Gasteiger partial charge is 0.504 e. The van der Waals surface area contributed by atoms with Crippen molar-refractivity contribution in [1.82, 2.24) is 4.98 Å². The zero-order valence-electron chi connectivity index (χ0n) is 16.7. The highest BCUT2D eigenvalue weighted by molar-refractivity contribution is 6.33. The number of ketones is 2. The highest BCUT2D eigenvalue weighted by Crippen LogP contribution is 2.45. The van der Waals surface area contributed by atoms with E-state index < -0.39 is 48.1 Å². The molecule has 8 nitrogen and oxygen atoms in total. The number of hydrogen-bond donors (Lipinski definition) is 3. The Bertz CT molecular complexity index is 1280. The molecule has 1 aromatic heterocycles. The van der Waals surface area contributed by atoms with Gasteiger partial charge in [0.25, 0.3) is 0 Å². The molecule has 3 N–H and O–H groups in total. The van der Waals surface area contributed by atoms with Crippen LogP contribution in [0.5, 0.6) is 11.5 Å². The van der Waals surface area contributed by atoms with Gasteiger partial charge in [-0.05, 0) is 13.0 Å². The monoisotopic (exact) mass is 439 g/mol. The van der Waals surface area contributed by atoms with Crippen molar-refractivity contribution in [2.45, 2.75) is 37.7 Å². The maximum Gasteiger partial charge on any atom is 0.234 e. The van der Waals surface area contributed by atoms with Crippen LogP contribution >= 0.6 is 0 Å². The Morgan fingerprint density at radius 2 is 1.66 bits per heavy atom. The molecule has 0 saturated carbocycles. The van der Waals surface area contributed by atoms with Gasteiger partial charge in [0.2, 0.25) is 6.29 Å². The van der Waals surface area contributed by atoms with Crippen molar-refractivity contribution in [2.24, 2.45) is 0 Å². The molecule has 164 valence electrons. The Morgan fingerprint density at radius 1 is 1.00 bits per heavy atom. The number of phenolic OH excluding ortho intramolecular Hbond substituents is 1. The molecule has 0 radical (unpaired) electrons. The number of phenols is 1. The molecule has 9 heteroatoms. The Labute approximate surface area is 180 Å². The first-order chi connectivity index (χ1) is 15.3. The average Bonchev–Trinajstić information content (AvgIpc) is 2.80. The number of ether oxygens (including phenoxy) is 2. The first-order valence-electron chi connectivity index (χ1n) is 9.95. The van der Waals surface area contributed by atoms with Crippen LogP contribution in [0.1, 0.15) is 38.8 Å². The SMILES string of the molecule is C[C@@H]1O[C@H](Oc2c(O)c3c(c4cccnc24)C(=O)c2ccccc2C3=O)[C@@H](F)[C@H](O)[C@@H]1O. The molecule has 0 unspecified atom stereocenters. The highest BCUT2D eigenvalue weighted by Gasteiger charge is 2.45. The van der Waals surface area contributed by atoms with Crippen LogP contribution in [0.4, 0.5) is 4.39 Å². The number of aromatic hydroxyl groups is 1. The van der Waals surface area contributed by atoms with E-state index in [1.165, 1.54) is 25.3 Å². The third-order valence-electron chi connectivity index (χ3n) is 5.86. The molecule has 32 heavy (non-hydrogen) atoms. The van der Waals surface area contributed by atoms with Crippen molar-refractivity contribution >= 4 is 22.5 Å². The number of carbonyl (C=O) groups excluding carboxylic acids is 2. The lowest BCUT2D eigenvalue weighted by atomic mass is 9.81. The standard InChI is InChI=1S/C23H18FNO7/c1-9-17(26)21(30)15(24)23(31-9)32-22-16-12(7-4-8-25-16)13-14(20(22)29)19(28)11-6-3-2-5-10(11)18(13)27/h2-9,15,17,21,23,26,29-30H,1H3/t9-,15-,17+,21-,23+/m0/s1. The number of fused-ring (bicyclic) bond motifs is 4. The van der Waals surface area contributed by atoms with Gasteiger partial charge in [-0.15, -0.1) is 0 Å². The van der Waals surface area contributed by atoms with Crippen LogP contribution in [0, 0.1) is 0 Å². The van der Waals surface area contributed by atoms with E-state index in [1.54, 1.807) is 24.3 Å². The van der Waals surface area contributed by atoms with Gasteiger partial charge < -0.3 is 24.8 Å². The maximum absolute atomic E-state index is 14.7. The molecule has 5 atom stereocenters. The third-order valence-corrected chi connectivity index (χ3v) is 5.86. The normalized spacial score (nSPS) is 27.2. The van der Waals surface area contributed by atoms with Crippen LogP contribution in [0.15, 0.2) is 42.6 Å². The Balaban J connectivity index is 1.70. The van der Waals surface area contributed by atoms with Gasteiger partial charge in [-0.1, -0.05) is 30.3 Å². The van der Waals surface area contributed by atoms with Crippen LogP contribution in [0.2, 0.25) is 0 Å². The van der Waals surface area contributed by atoms with E-state index in [0.29, 0.717) is 0 Å². The number of aromatic nitrogens is 1. The first kappa shape index (κ1) is 20.5. The molecule has 1 saturated heterocycles. The summed E-state index contributed by atoms with van der Waals surface area (Å²) < 4.78 is 25.6. The number of aliphatic hydroxyl groups is 2. The minimum absolute atomic E-state index is 0.0214. The lowest BCUT2D eigenvalue weighted by molar-refractivity contribution is -0.251. The van der Waals surface area contributed by atoms with E-state index in [1.807, 2.05) is 0 Å². The van der Waals surface area contributed by atoms with Gasteiger partial charge in [-0.2, -0.15) is 0 Å². The fourth-order valence-corrected chi connectivity index (χ4v) is 4.19. The summed E-state index contributed by atoms with van der Waals surface area (Å²) in [6, 6.07) is 9.34. The van der Waals surface area contributed by atoms with Crippen molar-refractivity contribution in [3.63, 3.8) is 0 Å². The summed E-state index contributed by atoms with van der Waals surface area (Å²) in [5.41, 5.74) is 0.0526. The van der Waals surface area contributed by atoms with Gasteiger partial charge in [-0.25, -0.2) is 4.39 Å². The van der Waals surface area contributed by atoms with Gasteiger partial charge >= 0.3 is 0 Å². The summed E-state index contributed by atoms with van der Waals surface area (Å²) in [4.78, 5) is 30.6. The Morgan fingerprint density at radius 3 is 2.34 bits per heavy atom. The van der Waals surface area contributed by atoms with E-state index >= 15 is 0 Å². The predicted molar refractivity (Wildman–Crippen MR) is 109 cm³/mol. The molecule has 2 aliphatic rings. The molecule has 2 aromatic carbocycles. The van der Waals surface area contributed by atoms with Gasteiger partial charge in [0.1, 0.15) is 17.7 Å². The van der Waals surface area contributed by atoms with Crippen LogP contribution < -0.4 is 4.74 Å². The summed E-state index contributed by atoms with van der Waals surface area (Å²) in [5, 5.41) is 31.0. The van der Waals surface area contributed by atoms with E-state index in [-0.39, 0.29) is 38.9 Å². The molecule has 0 amide bonds. The second-order valence-electron chi connectivity index (χ2n) is 7.78. The quantitative estimate of drug-likeness (QED) is 0.432. The molecule has 0 bridgehead atoms. The number of benzene rings is 2. The Hall–Kier alpha value is -3.40. The number of nitrogens with zero attached hydrogens (tertiary/aromatic N) is 1. The molecule has 0 spiro atoms.